The van der Waals surface area contributed by atoms with Crippen molar-refractivity contribution >= 4 is 5.91 Å². The number of benzene rings is 1. The Morgan fingerprint density at radius 3 is 3.00 bits per heavy atom. The molecule has 0 aliphatic carbocycles. The lowest BCUT2D eigenvalue weighted by atomic mass is 9.95. The Morgan fingerprint density at radius 2 is 2.21 bits per heavy atom. The molecule has 1 aromatic heterocycles. The monoisotopic (exact) mass is 329 g/mol. The summed E-state index contributed by atoms with van der Waals surface area (Å²) in [6, 6.07) is 6.19. The highest BCUT2D eigenvalue weighted by atomic mass is 19.1. The Morgan fingerprint density at radius 1 is 1.38 bits per heavy atom. The largest absolute Gasteiger partial charge is 0.434 e. The Labute approximate surface area is 140 Å². The minimum absolute atomic E-state index is 0.121. The quantitative estimate of drug-likeness (QED) is 0.861. The molecular weight excluding hydrogens is 309 g/mol. The zero-order valence-corrected chi connectivity index (χ0v) is 13.6. The average molecular weight is 329 g/mol. The minimum atomic E-state index is -0.443. The topological polar surface area (TPSA) is 55.3 Å². The first-order valence-corrected chi connectivity index (χ1v) is 8.19. The van der Waals surface area contributed by atoms with Gasteiger partial charge < -0.3 is 9.64 Å². The van der Waals surface area contributed by atoms with Crippen molar-refractivity contribution in [2.24, 2.45) is 0 Å². The van der Waals surface area contributed by atoms with Crippen LogP contribution < -0.4 is 4.74 Å². The van der Waals surface area contributed by atoms with Crippen molar-refractivity contribution < 1.29 is 13.9 Å². The fraction of sp³-hybridized carbons (Fsp3) is 0.389. The summed E-state index contributed by atoms with van der Waals surface area (Å²) in [5.74, 6) is 0.228. The van der Waals surface area contributed by atoms with Gasteiger partial charge in [0.05, 0.1) is 11.9 Å². The molecule has 1 amide bonds. The first kappa shape index (κ1) is 16.4. The molecule has 1 fully saturated rings. The van der Waals surface area contributed by atoms with Crippen LogP contribution in [0.3, 0.4) is 0 Å². The highest BCUT2D eigenvalue weighted by molar-refractivity contribution is 5.76. The minimum Gasteiger partial charge on any atom is -0.434 e. The van der Waals surface area contributed by atoms with Crippen molar-refractivity contribution in [3.8, 4) is 11.6 Å². The Hall–Kier alpha value is -2.50. The maximum atomic E-state index is 13.7. The molecule has 3 rings (SSSR count). The van der Waals surface area contributed by atoms with Crippen LogP contribution in [-0.4, -0.2) is 33.9 Å². The van der Waals surface area contributed by atoms with Crippen LogP contribution in [0.5, 0.6) is 11.6 Å². The molecule has 1 aliphatic heterocycles. The zero-order valence-electron chi connectivity index (χ0n) is 13.6. The Kier molecular flexibility index (Phi) is 5.03. The van der Waals surface area contributed by atoms with Gasteiger partial charge in [0.15, 0.2) is 11.6 Å². The van der Waals surface area contributed by atoms with Crippen LogP contribution in [-0.2, 0) is 4.79 Å². The number of hydrogen-bond donors (Lipinski definition) is 0. The summed E-state index contributed by atoms with van der Waals surface area (Å²) in [6.45, 7) is 3.31. The van der Waals surface area contributed by atoms with E-state index in [0.717, 1.165) is 25.1 Å². The zero-order chi connectivity index (χ0) is 16.9. The van der Waals surface area contributed by atoms with Gasteiger partial charge in [-0.05, 0) is 25.0 Å². The van der Waals surface area contributed by atoms with Crippen molar-refractivity contribution in [1.29, 1.82) is 0 Å². The maximum absolute atomic E-state index is 13.7. The van der Waals surface area contributed by atoms with Gasteiger partial charge in [0.2, 0.25) is 11.8 Å². The first-order chi connectivity index (χ1) is 11.7. The number of rotatable bonds is 4. The second-order valence-corrected chi connectivity index (χ2v) is 5.85. The molecule has 2 heterocycles. The van der Waals surface area contributed by atoms with Crippen molar-refractivity contribution in [1.82, 2.24) is 14.9 Å². The highest BCUT2D eigenvalue weighted by Gasteiger charge is 2.25. The molecule has 0 bridgehead atoms. The summed E-state index contributed by atoms with van der Waals surface area (Å²) in [7, 11) is 0. The van der Waals surface area contributed by atoms with Gasteiger partial charge in [-0.3, -0.25) is 9.78 Å². The molecule has 24 heavy (non-hydrogen) atoms. The highest BCUT2D eigenvalue weighted by Crippen LogP contribution is 2.28. The van der Waals surface area contributed by atoms with Gasteiger partial charge in [0.25, 0.3) is 0 Å². The van der Waals surface area contributed by atoms with E-state index in [-0.39, 0.29) is 23.5 Å². The molecule has 1 atom stereocenters. The second kappa shape index (κ2) is 7.38. The number of amides is 1. The molecule has 126 valence electrons. The summed E-state index contributed by atoms with van der Waals surface area (Å²) in [5, 5.41) is 0. The number of likely N-dealkylation sites (tertiary alicyclic amines) is 1. The SMILES string of the molecule is CCC(=O)N1CCCC(c2cncc(Oc3ccccc3F)n2)C1. The van der Waals surface area contributed by atoms with E-state index in [0.29, 0.717) is 13.0 Å². The molecule has 1 unspecified atom stereocenters. The lowest BCUT2D eigenvalue weighted by Crippen LogP contribution is -2.38. The van der Waals surface area contributed by atoms with Crippen LogP contribution >= 0.6 is 0 Å². The molecule has 0 N–H and O–H groups in total. The molecule has 1 aliphatic rings. The van der Waals surface area contributed by atoms with Crippen molar-refractivity contribution in [2.75, 3.05) is 13.1 Å². The fourth-order valence-electron chi connectivity index (χ4n) is 2.92. The third kappa shape index (κ3) is 3.69. The number of halogens is 1. The van der Waals surface area contributed by atoms with Crippen LogP contribution in [0.4, 0.5) is 4.39 Å². The molecule has 1 aromatic carbocycles. The van der Waals surface area contributed by atoms with E-state index in [1.165, 1.54) is 12.3 Å². The molecular formula is C18H20FN3O2. The number of carbonyl (C=O) groups is 1. The lowest BCUT2D eigenvalue weighted by molar-refractivity contribution is -0.132. The summed E-state index contributed by atoms with van der Waals surface area (Å²) in [4.78, 5) is 22.4. The van der Waals surface area contributed by atoms with Crippen LogP contribution in [0.2, 0.25) is 0 Å². The fourth-order valence-corrected chi connectivity index (χ4v) is 2.92. The predicted molar refractivity (Wildman–Crippen MR) is 87.4 cm³/mol. The van der Waals surface area contributed by atoms with Gasteiger partial charge in [-0.1, -0.05) is 19.1 Å². The number of para-hydroxylation sites is 1. The number of nitrogens with zero attached hydrogens (tertiary/aromatic N) is 3. The molecule has 6 heteroatoms. The van der Waals surface area contributed by atoms with Crippen molar-refractivity contribution in [3.63, 3.8) is 0 Å². The van der Waals surface area contributed by atoms with Gasteiger partial charge in [-0.2, -0.15) is 0 Å². The summed E-state index contributed by atoms with van der Waals surface area (Å²) in [5.41, 5.74) is 0.775. The number of ether oxygens (including phenoxy) is 1. The van der Waals surface area contributed by atoms with Crippen molar-refractivity contribution in [2.45, 2.75) is 32.1 Å². The normalized spacial score (nSPS) is 17.6. The van der Waals surface area contributed by atoms with Crippen molar-refractivity contribution in [3.05, 3.63) is 48.2 Å². The Balaban J connectivity index is 1.75. The summed E-state index contributed by atoms with van der Waals surface area (Å²) < 4.78 is 19.2. The van der Waals surface area contributed by atoms with Gasteiger partial charge in [0, 0.05) is 31.6 Å². The third-order valence-corrected chi connectivity index (χ3v) is 4.18. The molecule has 0 radical (unpaired) electrons. The Bertz CT molecular complexity index is 723. The van der Waals surface area contributed by atoms with E-state index in [1.54, 1.807) is 24.4 Å². The average Bonchev–Trinajstić information content (AvgIpc) is 2.63. The van der Waals surface area contributed by atoms with E-state index in [9.17, 15) is 9.18 Å². The van der Waals surface area contributed by atoms with Crippen LogP contribution in [0.1, 0.15) is 37.8 Å². The van der Waals surface area contributed by atoms with Gasteiger partial charge in [-0.25, -0.2) is 9.37 Å². The smallest absolute Gasteiger partial charge is 0.238 e. The summed E-state index contributed by atoms with van der Waals surface area (Å²) >= 11 is 0. The second-order valence-electron chi connectivity index (χ2n) is 5.85. The maximum Gasteiger partial charge on any atom is 0.238 e. The van der Waals surface area contributed by atoms with E-state index in [1.807, 2.05) is 11.8 Å². The van der Waals surface area contributed by atoms with Crippen LogP contribution in [0, 0.1) is 5.82 Å². The predicted octanol–water partition coefficient (Wildman–Crippen LogP) is 3.52. The van der Waals surface area contributed by atoms with Gasteiger partial charge >= 0.3 is 0 Å². The van der Waals surface area contributed by atoms with E-state index >= 15 is 0 Å². The van der Waals surface area contributed by atoms with E-state index < -0.39 is 5.82 Å². The lowest BCUT2D eigenvalue weighted by Gasteiger charge is -2.32. The van der Waals surface area contributed by atoms with Crippen LogP contribution in [0.25, 0.3) is 0 Å². The van der Waals surface area contributed by atoms with Crippen LogP contribution in [0.15, 0.2) is 36.7 Å². The molecule has 1 saturated heterocycles. The van der Waals surface area contributed by atoms with Gasteiger partial charge in [-0.15, -0.1) is 0 Å². The van der Waals surface area contributed by atoms with Gasteiger partial charge in [0.1, 0.15) is 0 Å². The number of carbonyl (C=O) groups excluding carboxylic acids is 1. The molecule has 5 nitrogen and oxygen atoms in total. The van der Waals surface area contributed by atoms with E-state index in [4.69, 9.17) is 4.74 Å². The first-order valence-electron chi connectivity index (χ1n) is 8.19. The molecule has 0 spiro atoms. The molecule has 2 aromatic rings. The molecule has 0 saturated carbocycles. The standard InChI is InChI=1S/C18H20FN3O2/c1-2-18(23)22-9-5-6-13(12-22)15-10-20-11-17(21-15)24-16-8-4-3-7-14(16)19/h3-4,7-8,10-11,13H,2,5-6,9,12H2,1H3. The van der Waals surface area contributed by atoms with E-state index in [2.05, 4.69) is 9.97 Å². The number of hydrogen-bond acceptors (Lipinski definition) is 4. The summed E-state index contributed by atoms with van der Waals surface area (Å²) in [6.07, 6.45) is 5.56. The number of piperidine rings is 1. The third-order valence-electron chi connectivity index (χ3n) is 4.18. The number of aromatic nitrogens is 2.